The number of halogens is 1. The first-order chi connectivity index (χ1) is 11.8. The van der Waals surface area contributed by atoms with Gasteiger partial charge in [0.1, 0.15) is 6.61 Å². The Hall–Kier alpha value is -1.25. The standard InChI is InChI=1S/C16H23BrN4O3/c17-13-9-18-16(19-10-13)21-11-14(12-21)20-24-8-4-3-7-23-15-5-1-2-6-22-15/h9-10,15H,1-8,11-12H2. The number of rotatable bonds is 8. The lowest BCUT2D eigenvalue weighted by Crippen LogP contribution is -2.48. The van der Waals surface area contributed by atoms with Crippen LogP contribution >= 0.6 is 15.9 Å². The number of ether oxygens (including phenoxy) is 2. The van der Waals surface area contributed by atoms with Crippen molar-refractivity contribution in [3.8, 4) is 0 Å². The van der Waals surface area contributed by atoms with Crippen molar-refractivity contribution in [2.24, 2.45) is 5.16 Å². The van der Waals surface area contributed by atoms with Crippen LogP contribution in [-0.4, -0.2) is 54.9 Å². The summed E-state index contributed by atoms with van der Waals surface area (Å²) in [5, 5.41) is 4.15. The van der Waals surface area contributed by atoms with Gasteiger partial charge in [0.05, 0.1) is 23.3 Å². The molecule has 0 bridgehead atoms. The molecule has 0 spiro atoms. The summed E-state index contributed by atoms with van der Waals surface area (Å²) in [4.78, 5) is 15.9. The summed E-state index contributed by atoms with van der Waals surface area (Å²) in [6.07, 6.45) is 8.76. The number of unbranched alkanes of at least 4 members (excludes halogenated alkanes) is 1. The van der Waals surface area contributed by atoms with Crippen LogP contribution in [0.5, 0.6) is 0 Å². The van der Waals surface area contributed by atoms with Gasteiger partial charge in [0, 0.05) is 25.6 Å². The summed E-state index contributed by atoms with van der Waals surface area (Å²) >= 11 is 3.33. The minimum absolute atomic E-state index is 0.00157. The highest BCUT2D eigenvalue weighted by atomic mass is 79.9. The first-order valence-corrected chi connectivity index (χ1v) is 9.24. The van der Waals surface area contributed by atoms with Gasteiger partial charge < -0.3 is 19.2 Å². The van der Waals surface area contributed by atoms with Crippen LogP contribution in [0.3, 0.4) is 0 Å². The van der Waals surface area contributed by atoms with Crippen molar-refractivity contribution in [1.82, 2.24) is 9.97 Å². The van der Waals surface area contributed by atoms with Gasteiger partial charge in [-0.3, -0.25) is 0 Å². The van der Waals surface area contributed by atoms with Crippen LogP contribution in [0.4, 0.5) is 5.95 Å². The summed E-state index contributed by atoms with van der Waals surface area (Å²) in [5.74, 6) is 0.722. The predicted octanol–water partition coefficient (Wildman–Crippen LogP) is 2.76. The molecule has 0 saturated carbocycles. The number of anilines is 1. The van der Waals surface area contributed by atoms with E-state index in [1.807, 2.05) is 4.90 Å². The van der Waals surface area contributed by atoms with Gasteiger partial charge in [0.25, 0.3) is 0 Å². The van der Waals surface area contributed by atoms with Crippen LogP contribution in [0.15, 0.2) is 22.0 Å². The Labute approximate surface area is 150 Å². The Bertz CT molecular complexity index is 527. The van der Waals surface area contributed by atoms with E-state index >= 15 is 0 Å². The highest BCUT2D eigenvalue weighted by Crippen LogP contribution is 2.16. The molecule has 24 heavy (non-hydrogen) atoms. The Balaban J connectivity index is 1.21. The summed E-state index contributed by atoms with van der Waals surface area (Å²) in [7, 11) is 0. The monoisotopic (exact) mass is 398 g/mol. The third kappa shape index (κ3) is 5.39. The predicted molar refractivity (Wildman–Crippen MR) is 94.1 cm³/mol. The van der Waals surface area contributed by atoms with Crippen molar-refractivity contribution >= 4 is 27.6 Å². The van der Waals surface area contributed by atoms with Crippen molar-refractivity contribution in [3.05, 3.63) is 16.9 Å². The zero-order chi connectivity index (χ0) is 16.6. The smallest absolute Gasteiger partial charge is 0.226 e. The molecule has 1 unspecified atom stereocenters. The molecule has 0 aliphatic carbocycles. The number of oxime groups is 1. The molecule has 0 amide bonds. The Morgan fingerprint density at radius 3 is 2.75 bits per heavy atom. The van der Waals surface area contributed by atoms with Crippen molar-refractivity contribution < 1.29 is 14.3 Å². The molecule has 132 valence electrons. The Morgan fingerprint density at radius 1 is 1.21 bits per heavy atom. The molecule has 3 rings (SSSR count). The molecule has 2 saturated heterocycles. The molecule has 2 aliphatic rings. The molecular weight excluding hydrogens is 376 g/mol. The van der Waals surface area contributed by atoms with Crippen LogP contribution in [0.25, 0.3) is 0 Å². The second-order valence-electron chi connectivity index (χ2n) is 5.92. The van der Waals surface area contributed by atoms with E-state index in [2.05, 4.69) is 31.1 Å². The van der Waals surface area contributed by atoms with Crippen LogP contribution in [0.1, 0.15) is 32.1 Å². The van der Waals surface area contributed by atoms with E-state index in [1.54, 1.807) is 12.4 Å². The summed E-state index contributed by atoms with van der Waals surface area (Å²) < 4.78 is 12.1. The molecular formula is C16H23BrN4O3. The Kier molecular flexibility index (Phi) is 6.80. The first kappa shape index (κ1) is 17.6. The van der Waals surface area contributed by atoms with Crippen molar-refractivity contribution in [2.45, 2.75) is 38.4 Å². The minimum Gasteiger partial charge on any atom is -0.396 e. The van der Waals surface area contributed by atoms with Crippen LogP contribution in [0, 0.1) is 0 Å². The van der Waals surface area contributed by atoms with Gasteiger partial charge in [-0.05, 0) is 48.0 Å². The van der Waals surface area contributed by atoms with Gasteiger partial charge in [0.15, 0.2) is 6.29 Å². The van der Waals surface area contributed by atoms with Crippen molar-refractivity contribution in [3.63, 3.8) is 0 Å². The van der Waals surface area contributed by atoms with Crippen molar-refractivity contribution in [2.75, 3.05) is 37.8 Å². The molecule has 2 fully saturated rings. The van der Waals surface area contributed by atoms with Gasteiger partial charge in [-0.2, -0.15) is 0 Å². The lowest BCUT2D eigenvalue weighted by Gasteiger charge is -2.31. The molecule has 1 aromatic heterocycles. The molecule has 8 heteroatoms. The van der Waals surface area contributed by atoms with E-state index < -0.39 is 0 Å². The minimum atomic E-state index is 0.00157. The molecule has 1 atom stereocenters. The van der Waals surface area contributed by atoms with Crippen LogP contribution in [0.2, 0.25) is 0 Å². The topological polar surface area (TPSA) is 69.1 Å². The zero-order valence-corrected chi connectivity index (χ0v) is 15.3. The molecule has 2 aliphatic heterocycles. The van der Waals surface area contributed by atoms with E-state index in [-0.39, 0.29) is 6.29 Å². The molecule has 3 heterocycles. The number of hydrogen-bond acceptors (Lipinski definition) is 7. The second-order valence-corrected chi connectivity index (χ2v) is 6.84. The summed E-state index contributed by atoms with van der Waals surface area (Å²) in [6, 6.07) is 0. The van der Waals surface area contributed by atoms with Gasteiger partial charge in [-0.1, -0.05) is 5.16 Å². The van der Waals surface area contributed by atoms with Gasteiger partial charge >= 0.3 is 0 Å². The fraction of sp³-hybridized carbons (Fsp3) is 0.688. The largest absolute Gasteiger partial charge is 0.396 e. The Morgan fingerprint density at radius 2 is 2.00 bits per heavy atom. The van der Waals surface area contributed by atoms with E-state index in [1.165, 1.54) is 6.42 Å². The van der Waals surface area contributed by atoms with E-state index in [4.69, 9.17) is 14.3 Å². The third-order valence-electron chi connectivity index (χ3n) is 3.90. The van der Waals surface area contributed by atoms with E-state index in [9.17, 15) is 0 Å². The number of nitrogens with zero attached hydrogens (tertiary/aromatic N) is 4. The average Bonchev–Trinajstić information content (AvgIpc) is 2.58. The maximum atomic E-state index is 5.68. The molecule has 1 aromatic rings. The highest BCUT2D eigenvalue weighted by Gasteiger charge is 2.24. The molecule has 0 radical (unpaired) electrons. The van der Waals surface area contributed by atoms with Gasteiger partial charge in [-0.15, -0.1) is 0 Å². The fourth-order valence-corrected chi connectivity index (χ4v) is 2.73. The second kappa shape index (κ2) is 9.29. The van der Waals surface area contributed by atoms with E-state index in [0.29, 0.717) is 6.61 Å². The van der Waals surface area contributed by atoms with E-state index in [0.717, 1.165) is 68.1 Å². The number of aromatic nitrogens is 2. The fourth-order valence-electron chi connectivity index (χ4n) is 2.53. The molecule has 7 nitrogen and oxygen atoms in total. The summed E-state index contributed by atoms with van der Waals surface area (Å²) in [6.45, 7) is 3.62. The van der Waals surface area contributed by atoms with Crippen LogP contribution < -0.4 is 4.90 Å². The molecule has 0 N–H and O–H groups in total. The normalized spacial score (nSPS) is 20.6. The summed E-state index contributed by atoms with van der Waals surface area (Å²) in [5.41, 5.74) is 1.02. The SMILES string of the molecule is Brc1cnc(N2CC(=NOCCCCOC3CCCCO3)C2)nc1. The lowest BCUT2D eigenvalue weighted by atomic mass is 10.2. The zero-order valence-electron chi connectivity index (χ0n) is 13.7. The maximum Gasteiger partial charge on any atom is 0.226 e. The highest BCUT2D eigenvalue weighted by molar-refractivity contribution is 9.10. The lowest BCUT2D eigenvalue weighted by molar-refractivity contribution is -0.163. The molecule has 0 aromatic carbocycles. The maximum absolute atomic E-state index is 5.68. The van der Waals surface area contributed by atoms with Gasteiger partial charge in [-0.25, -0.2) is 9.97 Å². The third-order valence-corrected chi connectivity index (χ3v) is 4.31. The number of hydrogen-bond donors (Lipinski definition) is 0. The quantitative estimate of drug-likeness (QED) is 0.495. The van der Waals surface area contributed by atoms with Gasteiger partial charge in [0.2, 0.25) is 5.95 Å². The average molecular weight is 399 g/mol. The van der Waals surface area contributed by atoms with Crippen molar-refractivity contribution in [1.29, 1.82) is 0 Å². The van der Waals surface area contributed by atoms with Crippen LogP contribution in [-0.2, 0) is 14.3 Å². The first-order valence-electron chi connectivity index (χ1n) is 8.44.